The van der Waals surface area contributed by atoms with Crippen LogP contribution in [0, 0.1) is 6.92 Å². The molecule has 0 bridgehead atoms. The number of aliphatic carboxylic acids is 1. The molecule has 1 heterocycles. The Kier molecular flexibility index (Phi) is 3.19. The highest BCUT2D eigenvalue weighted by molar-refractivity contribution is 7.10. The number of hydrogen-bond donors (Lipinski definition) is 1. The van der Waals surface area contributed by atoms with Gasteiger partial charge in [-0.15, -0.1) is 11.3 Å². The third-order valence-corrected chi connectivity index (χ3v) is 2.62. The zero-order valence-electron chi connectivity index (χ0n) is 7.57. The van der Waals surface area contributed by atoms with Crippen molar-refractivity contribution in [3.8, 4) is 0 Å². The molecule has 0 radical (unpaired) electrons. The van der Waals surface area contributed by atoms with Crippen LogP contribution in [0.5, 0.6) is 0 Å². The number of rotatable bonds is 3. The van der Waals surface area contributed by atoms with Crippen LogP contribution in [0.25, 0.3) is 6.08 Å². The number of carboxylic acids is 1. The molecule has 0 aliphatic heterocycles. The maximum absolute atomic E-state index is 10.7. The molecule has 0 unspecified atom stereocenters. The molecule has 1 aromatic rings. The van der Waals surface area contributed by atoms with E-state index >= 15 is 0 Å². The van der Waals surface area contributed by atoms with Gasteiger partial charge in [-0.25, -0.2) is 9.78 Å². The third-order valence-electron chi connectivity index (χ3n) is 1.74. The minimum absolute atomic E-state index is 0.423. The van der Waals surface area contributed by atoms with Gasteiger partial charge in [0.05, 0.1) is 16.1 Å². The van der Waals surface area contributed by atoms with Crippen molar-refractivity contribution >= 4 is 23.4 Å². The Morgan fingerprint density at radius 2 is 2.46 bits per heavy atom. The van der Waals surface area contributed by atoms with Gasteiger partial charge in [-0.3, -0.25) is 0 Å². The number of nitrogens with zero attached hydrogens (tertiary/aromatic N) is 1. The molecule has 0 spiro atoms. The molecule has 1 aromatic heterocycles. The Morgan fingerprint density at radius 1 is 1.77 bits per heavy atom. The molecule has 1 rings (SSSR count). The van der Waals surface area contributed by atoms with Gasteiger partial charge in [-0.05, 0) is 19.4 Å². The lowest BCUT2D eigenvalue weighted by molar-refractivity contribution is -0.132. The Morgan fingerprint density at radius 3 is 2.85 bits per heavy atom. The highest BCUT2D eigenvalue weighted by Gasteiger charge is 2.06. The first kappa shape index (κ1) is 9.92. The minimum Gasteiger partial charge on any atom is -0.478 e. The van der Waals surface area contributed by atoms with E-state index in [1.807, 2.05) is 13.8 Å². The highest BCUT2D eigenvalue weighted by atomic mass is 32.1. The Bertz CT molecular complexity index is 341. The molecule has 0 fully saturated rings. The molecular weight excluding hydrogens is 186 g/mol. The van der Waals surface area contributed by atoms with Crippen LogP contribution < -0.4 is 0 Å². The monoisotopic (exact) mass is 197 g/mol. The van der Waals surface area contributed by atoms with E-state index in [1.165, 1.54) is 11.3 Å². The second-order valence-electron chi connectivity index (χ2n) is 2.63. The van der Waals surface area contributed by atoms with Crippen LogP contribution in [0.2, 0.25) is 0 Å². The van der Waals surface area contributed by atoms with Gasteiger partial charge in [0.2, 0.25) is 0 Å². The van der Waals surface area contributed by atoms with Crippen LogP contribution in [-0.4, -0.2) is 16.1 Å². The molecule has 3 nitrogen and oxygen atoms in total. The van der Waals surface area contributed by atoms with Gasteiger partial charge in [0, 0.05) is 5.57 Å². The van der Waals surface area contributed by atoms with Gasteiger partial charge in [-0.1, -0.05) is 6.92 Å². The molecule has 13 heavy (non-hydrogen) atoms. The van der Waals surface area contributed by atoms with Crippen molar-refractivity contribution in [3.63, 3.8) is 0 Å². The zero-order valence-corrected chi connectivity index (χ0v) is 8.39. The van der Waals surface area contributed by atoms with Gasteiger partial charge in [0.1, 0.15) is 0 Å². The summed E-state index contributed by atoms with van der Waals surface area (Å²) in [7, 11) is 0. The van der Waals surface area contributed by atoms with E-state index < -0.39 is 5.97 Å². The number of thiazole rings is 1. The molecule has 0 amide bonds. The highest BCUT2D eigenvalue weighted by Crippen LogP contribution is 2.17. The van der Waals surface area contributed by atoms with E-state index in [-0.39, 0.29) is 0 Å². The summed E-state index contributed by atoms with van der Waals surface area (Å²) in [5.41, 5.74) is 3.03. The standard InChI is InChI=1S/C9H11NO2S/c1-3-7(9(11)12)4-8-6(2)10-5-13-8/h4-5H,3H2,1-2H3,(H,11,12)/b7-4+. The van der Waals surface area contributed by atoms with Gasteiger partial charge < -0.3 is 5.11 Å². The SMILES string of the molecule is CC/C(=C\c1scnc1C)C(=O)O. The second kappa shape index (κ2) is 4.18. The van der Waals surface area contributed by atoms with Gasteiger partial charge in [0.25, 0.3) is 0 Å². The van der Waals surface area contributed by atoms with Crippen LogP contribution in [0.15, 0.2) is 11.1 Å². The van der Waals surface area contributed by atoms with Gasteiger partial charge >= 0.3 is 5.97 Å². The lowest BCUT2D eigenvalue weighted by Crippen LogP contribution is -1.98. The fraction of sp³-hybridized carbons (Fsp3) is 0.333. The molecule has 0 aromatic carbocycles. The first-order valence-corrected chi connectivity index (χ1v) is 4.87. The molecule has 0 aliphatic rings. The van der Waals surface area contributed by atoms with Gasteiger partial charge in [0.15, 0.2) is 0 Å². The smallest absolute Gasteiger partial charge is 0.331 e. The third kappa shape index (κ3) is 2.39. The molecule has 70 valence electrons. The fourth-order valence-corrected chi connectivity index (χ4v) is 1.68. The second-order valence-corrected chi connectivity index (χ2v) is 3.52. The van der Waals surface area contributed by atoms with Crippen molar-refractivity contribution in [2.75, 3.05) is 0 Å². The summed E-state index contributed by atoms with van der Waals surface area (Å²) >= 11 is 1.46. The maximum atomic E-state index is 10.7. The zero-order chi connectivity index (χ0) is 9.84. The van der Waals surface area contributed by atoms with Crippen molar-refractivity contribution in [2.24, 2.45) is 0 Å². The largest absolute Gasteiger partial charge is 0.478 e. The first-order chi connectivity index (χ1) is 6.15. The first-order valence-electron chi connectivity index (χ1n) is 3.99. The fourth-order valence-electron chi connectivity index (χ4n) is 0.923. The van der Waals surface area contributed by atoms with Crippen LogP contribution in [0.4, 0.5) is 0 Å². The Labute approximate surface area is 80.7 Å². The quantitative estimate of drug-likeness (QED) is 0.756. The minimum atomic E-state index is -0.852. The normalized spacial score (nSPS) is 11.7. The summed E-state index contributed by atoms with van der Waals surface area (Å²) in [4.78, 5) is 15.7. The summed E-state index contributed by atoms with van der Waals surface area (Å²) in [6.45, 7) is 3.70. The summed E-state index contributed by atoms with van der Waals surface area (Å²) in [6.07, 6.45) is 2.22. The molecule has 1 N–H and O–H groups in total. The van der Waals surface area contributed by atoms with Crippen molar-refractivity contribution in [3.05, 3.63) is 21.7 Å². The Hall–Kier alpha value is -1.16. The number of aryl methyl sites for hydroxylation is 1. The number of carboxylic acid groups (broad SMARTS) is 1. The van der Waals surface area contributed by atoms with Crippen LogP contribution >= 0.6 is 11.3 Å². The van der Waals surface area contributed by atoms with Crippen molar-refractivity contribution in [1.29, 1.82) is 0 Å². The topological polar surface area (TPSA) is 50.2 Å². The van der Waals surface area contributed by atoms with Crippen molar-refractivity contribution in [1.82, 2.24) is 4.98 Å². The van der Waals surface area contributed by atoms with E-state index in [0.717, 1.165) is 10.6 Å². The lowest BCUT2D eigenvalue weighted by Gasteiger charge is -1.95. The predicted octanol–water partition coefficient (Wildman–Crippen LogP) is 2.33. The van der Waals surface area contributed by atoms with E-state index in [1.54, 1.807) is 11.6 Å². The molecule has 0 saturated carbocycles. The predicted molar refractivity (Wildman–Crippen MR) is 52.8 cm³/mol. The summed E-state index contributed by atoms with van der Waals surface area (Å²) in [6, 6.07) is 0. The van der Waals surface area contributed by atoms with Crippen molar-refractivity contribution in [2.45, 2.75) is 20.3 Å². The van der Waals surface area contributed by atoms with Crippen molar-refractivity contribution < 1.29 is 9.90 Å². The van der Waals surface area contributed by atoms with Crippen LogP contribution in [0.1, 0.15) is 23.9 Å². The lowest BCUT2D eigenvalue weighted by atomic mass is 10.2. The maximum Gasteiger partial charge on any atom is 0.331 e. The number of hydrogen-bond acceptors (Lipinski definition) is 3. The molecule has 4 heteroatoms. The van der Waals surface area contributed by atoms with Crippen LogP contribution in [-0.2, 0) is 4.79 Å². The van der Waals surface area contributed by atoms with E-state index in [0.29, 0.717) is 12.0 Å². The summed E-state index contributed by atoms with van der Waals surface area (Å²) < 4.78 is 0. The summed E-state index contributed by atoms with van der Waals surface area (Å²) in [5, 5.41) is 8.78. The number of carbonyl (C=O) groups is 1. The van der Waals surface area contributed by atoms with Crippen LogP contribution in [0.3, 0.4) is 0 Å². The molecular formula is C9H11NO2S. The van der Waals surface area contributed by atoms with E-state index in [9.17, 15) is 4.79 Å². The van der Waals surface area contributed by atoms with E-state index in [4.69, 9.17) is 5.11 Å². The Balaban J connectivity index is 2.98. The molecule has 0 atom stereocenters. The average Bonchev–Trinajstić information content (AvgIpc) is 2.46. The summed E-state index contributed by atoms with van der Waals surface area (Å²) in [5.74, 6) is -0.852. The number of aromatic nitrogens is 1. The molecule has 0 saturated heterocycles. The van der Waals surface area contributed by atoms with E-state index in [2.05, 4.69) is 4.98 Å². The van der Waals surface area contributed by atoms with Gasteiger partial charge in [-0.2, -0.15) is 0 Å². The average molecular weight is 197 g/mol. The molecule has 0 aliphatic carbocycles.